The molecule has 2 fully saturated rings. The van der Waals surface area contributed by atoms with Gasteiger partial charge in [-0.05, 0) is 13.3 Å². The first kappa shape index (κ1) is 5.69. The zero-order valence-corrected chi connectivity index (χ0v) is 5.54. The monoisotopic (exact) mass is 127 g/mol. The Morgan fingerprint density at radius 3 is 2.33 bits per heavy atom. The first-order valence-electron chi connectivity index (χ1n) is 3.47. The van der Waals surface area contributed by atoms with Crippen molar-refractivity contribution in [1.29, 1.82) is 0 Å². The Balaban J connectivity index is 1.79. The largest absolute Gasteiger partial charge is 0.367 e. The molecule has 9 heavy (non-hydrogen) atoms. The van der Waals surface area contributed by atoms with Crippen LogP contribution in [0.1, 0.15) is 13.3 Å². The van der Waals surface area contributed by atoms with Crippen LogP contribution in [0, 0.1) is 6.92 Å². The van der Waals surface area contributed by atoms with Crippen LogP contribution in [0.15, 0.2) is 0 Å². The summed E-state index contributed by atoms with van der Waals surface area (Å²) in [5.74, 6) is 0. The second-order valence-corrected chi connectivity index (χ2v) is 2.69. The highest BCUT2D eigenvalue weighted by Crippen LogP contribution is 2.39. The SMILES string of the molecule is [CH2]C1OC1C1OC1CC. The van der Waals surface area contributed by atoms with Crippen molar-refractivity contribution in [1.82, 2.24) is 0 Å². The number of rotatable bonds is 2. The molecule has 2 aliphatic rings. The van der Waals surface area contributed by atoms with E-state index in [1.54, 1.807) is 0 Å². The van der Waals surface area contributed by atoms with Gasteiger partial charge in [-0.3, -0.25) is 0 Å². The maximum absolute atomic E-state index is 5.30. The van der Waals surface area contributed by atoms with Crippen molar-refractivity contribution in [2.24, 2.45) is 0 Å². The quantitative estimate of drug-likeness (QED) is 0.512. The molecule has 2 heteroatoms. The van der Waals surface area contributed by atoms with Gasteiger partial charge in [-0.25, -0.2) is 0 Å². The fraction of sp³-hybridized carbons (Fsp3) is 0.857. The van der Waals surface area contributed by atoms with Crippen molar-refractivity contribution in [2.45, 2.75) is 37.8 Å². The van der Waals surface area contributed by atoms with Crippen molar-refractivity contribution in [3.8, 4) is 0 Å². The zero-order valence-electron chi connectivity index (χ0n) is 5.54. The summed E-state index contributed by atoms with van der Waals surface area (Å²) in [6, 6.07) is 0. The Labute approximate surface area is 55.1 Å². The predicted octanol–water partition coefficient (Wildman–Crippen LogP) is 0.765. The summed E-state index contributed by atoms with van der Waals surface area (Å²) in [5, 5.41) is 0. The van der Waals surface area contributed by atoms with Gasteiger partial charge < -0.3 is 9.47 Å². The molecule has 2 nitrogen and oxygen atoms in total. The normalized spacial score (nSPS) is 55.3. The smallest absolute Gasteiger partial charge is 0.113 e. The lowest BCUT2D eigenvalue weighted by Crippen LogP contribution is -2.02. The molecule has 0 N–H and O–H groups in total. The maximum Gasteiger partial charge on any atom is 0.113 e. The Bertz CT molecular complexity index is 124. The standard InChI is InChI=1S/C7H11O2/c1-3-5-7(9-5)6-4(2)8-6/h4-7H,2-3H2,1H3. The molecule has 0 saturated carbocycles. The van der Waals surface area contributed by atoms with Gasteiger partial charge in [-0.15, -0.1) is 0 Å². The molecule has 2 saturated heterocycles. The molecule has 4 unspecified atom stereocenters. The summed E-state index contributed by atoms with van der Waals surface area (Å²) < 4.78 is 10.4. The van der Waals surface area contributed by atoms with Crippen molar-refractivity contribution in [3.63, 3.8) is 0 Å². The van der Waals surface area contributed by atoms with E-state index < -0.39 is 0 Å². The van der Waals surface area contributed by atoms with Gasteiger partial charge in [0.25, 0.3) is 0 Å². The van der Waals surface area contributed by atoms with Crippen molar-refractivity contribution >= 4 is 0 Å². The molecular weight excluding hydrogens is 116 g/mol. The van der Waals surface area contributed by atoms with Crippen LogP contribution in [-0.2, 0) is 9.47 Å². The lowest BCUT2D eigenvalue weighted by atomic mass is 10.2. The van der Waals surface area contributed by atoms with Gasteiger partial charge in [-0.2, -0.15) is 0 Å². The van der Waals surface area contributed by atoms with Gasteiger partial charge in [0, 0.05) is 0 Å². The molecule has 4 atom stereocenters. The van der Waals surface area contributed by atoms with E-state index in [0.29, 0.717) is 18.3 Å². The highest BCUT2D eigenvalue weighted by Gasteiger charge is 2.54. The third kappa shape index (κ3) is 0.864. The second-order valence-electron chi connectivity index (χ2n) is 2.69. The fourth-order valence-electron chi connectivity index (χ4n) is 1.22. The molecule has 0 aromatic carbocycles. The minimum atomic E-state index is 0.214. The first-order chi connectivity index (χ1) is 4.33. The fourth-order valence-corrected chi connectivity index (χ4v) is 1.22. The minimum absolute atomic E-state index is 0.214. The molecule has 1 radical (unpaired) electrons. The topological polar surface area (TPSA) is 25.1 Å². The van der Waals surface area contributed by atoms with E-state index in [0.717, 1.165) is 6.42 Å². The van der Waals surface area contributed by atoms with Crippen molar-refractivity contribution in [2.75, 3.05) is 0 Å². The minimum Gasteiger partial charge on any atom is -0.367 e. The van der Waals surface area contributed by atoms with Crippen LogP contribution in [0.4, 0.5) is 0 Å². The van der Waals surface area contributed by atoms with E-state index in [2.05, 4.69) is 13.8 Å². The van der Waals surface area contributed by atoms with E-state index >= 15 is 0 Å². The molecule has 2 aliphatic heterocycles. The molecule has 0 aromatic heterocycles. The lowest BCUT2D eigenvalue weighted by molar-refractivity contribution is 0.310. The van der Waals surface area contributed by atoms with E-state index in [-0.39, 0.29) is 6.10 Å². The van der Waals surface area contributed by atoms with Gasteiger partial charge in [0.2, 0.25) is 0 Å². The highest BCUT2D eigenvalue weighted by atomic mass is 16.7. The second kappa shape index (κ2) is 1.70. The molecule has 51 valence electrons. The van der Waals surface area contributed by atoms with Gasteiger partial charge in [0.1, 0.15) is 12.2 Å². The molecule has 0 spiro atoms. The van der Waals surface area contributed by atoms with E-state index in [1.807, 2.05) is 0 Å². The number of ether oxygens (including phenoxy) is 2. The summed E-state index contributed by atoms with van der Waals surface area (Å²) in [6.07, 6.45) is 2.51. The van der Waals surface area contributed by atoms with Gasteiger partial charge in [-0.1, -0.05) is 6.92 Å². The Morgan fingerprint density at radius 1 is 1.33 bits per heavy atom. The average molecular weight is 127 g/mol. The summed E-state index contributed by atoms with van der Waals surface area (Å²) in [7, 11) is 0. The van der Waals surface area contributed by atoms with Crippen LogP contribution in [0.2, 0.25) is 0 Å². The molecule has 0 aromatic rings. The molecule has 2 rings (SSSR count). The van der Waals surface area contributed by atoms with Crippen LogP contribution in [-0.4, -0.2) is 24.4 Å². The van der Waals surface area contributed by atoms with E-state index in [9.17, 15) is 0 Å². The zero-order chi connectivity index (χ0) is 6.43. The van der Waals surface area contributed by atoms with Crippen LogP contribution in [0.3, 0.4) is 0 Å². The molecule has 0 aliphatic carbocycles. The molecular formula is C7H11O2. The molecule has 0 bridgehead atoms. The summed E-state index contributed by atoms with van der Waals surface area (Å²) in [6.45, 7) is 5.89. The van der Waals surface area contributed by atoms with Crippen LogP contribution in [0.25, 0.3) is 0 Å². The highest BCUT2D eigenvalue weighted by molar-refractivity contribution is 5.03. The van der Waals surface area contributed by atoms with Crippen molar-refractivity contribution in [3.05, 3.63) is 6.92 Å². The summed E-state index contributed by atoms with van der Waals surface area (Å²) in [5.41, 5.74) is 0. The molecule has 2 heterocycles. The van der Waals surface area contributed by atoms with Gasteiger partial charge in [0.15, 0.2) is 0 Å². The third-order valence-electron chi connectivity index (χ3n) is 1.97. The lowest BCUT2D eigenvalue weighted by Gasteiger charge is -1.79. The maximum atomic E-state index is 5.30. The van der Waals surface area contributed by atoms with Crippen LogP contribution < -0.4 is 0 Å². The van der Waals surface area contributed by atoms with Crippen LogP contribution in [0.5, 0.6) is 0 Å². The number of hydrogen-bond acceptors (Lipinski definition) is 2. The summed E-state index contributed by atoms with van der Waals surface area (Å²) >= 11 is 0. The van der Waals surface area contributed by atoms with Gasteiger partial charge >= 0.3 is 0 Å². The third-order valence-corrected chi connectivity index (χ3v) is 1.97. The van der Waals surface area contributed by atoms with E-state index in [4.69, 9.17) is 9.47 Å². The van der Waals surface area contributed by atoms with Crippen LogP contribution >= 0.6 is 0 Å². The Hall–Kier alpha value is -0.0800. The first-order valence-corrected chi connectivity index (χ1v) is 3.47. The molecule has 0 amide bonds. The Kier molecular flexibility index (Phi) is 1.08. The number of hydrogen-bond donors (Lipinski definition) is 0. The van der Waals surface area contributed by atoms with E-state index in [1.165, 1.54) is 0 Å². The van der Waals surface area contributed by atoms with Crippen molar-refractivity contribution < 1.29 is 9.47 Å². The summed E-state index contributed by atoms with van der Waals surface area (Å²) in [4.78, 5) is 0. The van der Waals surface area contributed by atoms with Gasteiger partial charge in [0.05, 0.1) is 12.2 Å². The average Bonchev–Trinajstić information content (AvgIpc) is 2.61. The Morgan fingerprint density at radius 2 is 2.00 bits per heavy atom. The number of epoxide rings is 2. The predicted molar refractivity (Wildman–Crippen MR) is 33.0 cm³/mol.